The number of amides is 1. The van der Waals surface area contributed by atoms with E-state index in [4.69, 9.17) is 4.74 Å². The van der Waals surface area contributed by atoms with Crippen LogP contribution in [0.15, 0.2) is 51.7 Å². The molecule has 1 fully saturated rings. The van der Waals surface area contributed by atoms with E-state index in [0.29, 0.717) is 17.1 Å². The van der Waals surface area contributed by atoms with Gasteiger partial charge in [-0.15, -0.1) is 0 Å². The highest BCUT2D eigenvalue weighted by Gasteiger charge is 2.20. The Kier molecular flexibility index (Phi) is 6.36. The minimum atomic E-state index is -0.741. The van der Waals surface area contributed by atoms with Gasteiger partial charge in [0.1, 0.15) is 28.5 Å². The van der Waals surface area contributed by atoms with E-state index in [2.05, 4.69) is 20.9 Å². The second-order valence-electron chi connectivity index (χ2n) is 7.49. The average molecular weight is 504 g/mol. The molecule has 1 aliphatic rings. The minimum Gasteiger partial charge on any atom is -0.472 e. The zero-order valence-corrected chi connectivity index (χ0v) is 18.9. The Labute approximate surface area is 191 Å². The summed E-state index contributed by atoms with van der Waals surface area (Å²) in [5.41, 5.74) is 0.843. The van der Waals surface area contributed by atoms with Crippen LogP contribution in [0.25, 0.3) is 5.69 Å². The number of benzene rings is 2. The standard InChI is InChI=1S/C23H20BrF2N3O3/c1-14-27-21(32-13-16-4-7-17(25)12-19(16)26)20(24)23(31)29(14)18-8-5-15(6-9-18)22(30)28-10-2-3-11-28/h4-9,12H,2-3,10-11,13H2,1H3. The van der Waals surface area contributed by atoms with Gasteiger partial charge in [0.25, 0.3) is 11.5 Å². The van der Waals surface area contributed by atoms with Crippen molar-refractivity contribution >= 4 is 21.8 Å². The first-order valence-electron chi connectivity index (χ1n) is 10.1. The van der Waals surface area contributed by atoms with Crippen molar-refractivity contribution in [3.63, 3.8) is 0 Å². The summed E-state index contributed by atoms with van der Waals surface area (Å²) in [7, 11) is 0. The summed E-state index contributed by atoms with van der Waals surface area (Å²) in [6.45, 7) is 2.95. The van der Waals surface area contributed by atoms with Gasteiger partial charge in [-0.25, -0.2) is 8.78 Å². The number of hydrogen-bond donors (Lipinski definition) is 0. The van der Waals surface area contributed by atoms with Gasteiger partial charge in [-0.1, -0.05) is 0 Å². The quantitative estimate of drug-likeness (QED) is 0.517. The van der Waals surface area contributed by atoms with Gasteiger partial charge in [-0.2, -0.15) is 4.98 Å². The Bertz CT molecular complexity index is 1220. The fourth-order valence-corrected chi connectivity index (χ4v) is 4.00. The third-order valence-corrected chi connectivity index (χ3v) is 5.99. The predicted molar refractivity (Wildman–Crippen MR) is 118 cm³/mol. The fourth-order valence-electron chi connectivity index (χ4n) is 3.62. The maximum Gasteiger partial charge on any atom is 0.276 e. The molecule has 0 atom stereocenters. The smallest absolute Gasteiger partial charge is 0.276 e. The summed E-state index contributed by atoms with van der Waals surface area (Å²) >= 11 is 3.21. The van der Waals surface area contributed by atoms with E-state index in [1.807, 2.05) is 4.90 Å². The molecule has 0 aliphatic carbocycles. The van der Waals surface area contributed by atoms with Gasteiger partial charge in [-0.05, 0) is 72.1 Å². The van der Waals surface area contributed by atoms with Gasteiger partial charge in [0.15, 0.2) is 0 Å². The molecule has 3 aromatic rings. The molecule has 1 aliphatic heterocycles. The molecule has 2 heterocycles. The maximum absolute atomic E-state index is 13.8. The Balaban J connectivity index is 1.57. The number of carbonyl (C=O) groups is 1. The number of likely N-dealkylation sites (tertiary alicyclic amines) is 1. The fraction of sp³-hybridized carbons (Fsp3) is 0.261. The second-order valence-corrected chi connectivity index (χ2v) is 8.28. The Morgan fingerprint density at radius 3 is 2.47 bits per heavy atom. The van der Waals surface area contributed by atoms with Gasteiger partial charge >= 0.3 is 0 Å². The van der Waals surface area contributed by atoms with E-state index in [-0.39, 0.29) is 28.4 Å². The number of aromatic nitrogens is 2. The van der Waals surface area contributed by atoms with Crippen LogP contribution >= 0.6 is 15.9 Å². The minimum absolute atomic E-state index is 0.00769. The van der Waals surface area contributed by atoms with Crippen LogP contribution in [0.3, 0.4) is 0 Å². The molecule has 0 spiro atoms. The number of nitrogens with zero attached hydrogens (tertiary/aromatic N) is 3. The summed E-state index contributed by atoms with van der Waals surface area (Å²) in [6, 6.07) is 9.95. The maximum atomic E-state index is 13.8. The Hall–Kier alpha value is -3.07. The lowest BCUT2D eigenvalue weighted by Crippen LogP contribution is -2.27. The first-order chi connectivity index (χ1) is 15.3. The summed E-state index contributed by atoms with van der Waals surface area (Å²) in [4.78, 5) is 31.6. The van der Waals surface area contributed by atoms with E-state index in [0.717, 1.165) is 38.1 Å². The van der Waals surface area contributed by atoms with Crippen LogP contribution in [0.4, 0.5) is 8.78 Å². The van der Waals surface area contributed by atoms with Gasteiger partial charge in [0.2, 0.25) is 5.88 Å². The zero-order chi connectivity index (χ0) is 22.8. The molecule has 32 heavy (non-hydrogen) atoms. The lowest BCUT2D eigenvalue weighted by Gasteiger charge is -2.16. The molecule has 1 saturated heterocycles. The zero-order valence-electron chi connectivity index (χ0n) is 17.3. The summed E-state index contributed by atoms with van der Waals surface area (Å²) in [6.07, 6.45) is 2.03. The molecule has 4 rings (SSSR count). The van der Waals surface area contributed by atoms with E-state index >= 15 is 0 Å². The molecule has 6 nitrogen and oxygen atoms in total. The van der Waals surface area contributed by atoms with E-state index < -0.39 is 17.2 Å². The number of hydrogen-bond acceptors (Lipinski definition) is 4. The van der Waals surface area contributed by atoms with Crippen molar-refractivity contribution in [2.24, 2.45) is 0 Å². The third-order valence-electron chi connectivity index (χ3n) is 5.31. The molecule has 1 amide bonds. The molecule has 0 N–H and O–H groups in total. The summed E-state index contributed by atoms with van der Waals surface area (Å²) < 4.78 is 33.9. The third kappa shape index (κ3) is 4.43. The van der Waals surface area contributed by atoms with Crippen LogP contribution in [0.5, 0.6) is 5.88 Å². The van der Waals surface area contributed by atoms with Crippen LogP contribution in [0.1, 0.15) is 34.6 Å². The highest BCUT2D eigenvalue weighted by molar-refractivity contribution is 9.10. The first kappa shape index (κ1) is 22.1. The van der Waals surface area contributed by atoms with Crippen molar-refractivity contribution in [2.75, 3.05) is 13.1 Å². The van der Waals surface area contributed by atoms with Gasteiger partial charge in [0.05, 0.1) is 5.69 Å². The van der Waals surface area contributed by atoms with E-state index in [1.54, 1.807) is 31.2 Å². The molecule has 0 bridgehead atoms. The average Bonchev–Trinajstić information content (AvgIpc) is 3.31. The number of aryl methyl sites for hydroxylation is 1. The van der Waals surface area contributed by atoms with Crippen molar-refractivity contribution in [1.29, 1.82) is 0 Å². The number of rotatable bonds is 5. The summed E-state index contributed by atoms with van der Waals surface area (Å²) in [5, 5.41) is 0. The topological polar surface area (TPSA) is 64.4 Å². The largest absolute Gasteiger partial charge is 0.472 e. The highest BCUT2D eigenvalue weighted by Crippen LogP contribution is 2.23. The molecule has 9 heteroatoms. The van der Waals surface area contributed by atoms with E-state index in [9.17, 15) is 18.4 Å². The van der Waals surface area contributed by atoms with Crippen LogP contribution < -0.4 is 10.3 Å². The van der Waals surface area contributed by atoms with Crippen molar-refractivity contribution in [2.45, 2.75) is 26.4 Å². The first-order valence-corrected chi connectivity index (χ1v) is 10.9. The van der Waals surface area contributed by atoms with Crippen molar-refractivity contribution in [3.05, 3.63) is 85.9 Å². The Morgan fingerprint density at radius 1 is 1.12 bits per heavy atom. The number of ether oxygens (including phenoxy) is 1. The Morgan fingerprint density at radius 2 is 1.81 bits per heavy atom. The second kappa shape index (κ2) is 9.20. The van der Waals surface area contributed by atoms with Crippen LogP contribution in [-0.4, -0.2) is 33.4 Å². The molecule has 0 radical (unpaired) electrons. The van der Waals surface area contributed by atoms with Gasteiger partial charge in [-0.3, -0.25) is 14.2 Å². The van der Waals surface area contributed by atoms with Crippen LogP contribution in [0.2, 0.25) is 0 Å². The molecular formula is C23H20BrF2N3O3. The predicted octanol–water partition coefficient (Wildman–Crippen LogP) is 4.40. The van der Waals surface area contributed by atoms with Crippen LogP contribution in [0, 0.1) is 18.6 Å². The molecule has 0 unspecified atom stereocenters. The highest BCUT2D eigenvalue weighted by atomic mass is 79.9. The van der Waals surface area contributed by atoms with Gasteiger partial charge < -0.3 is 9.64 Å². The lowest BCUT2D eigenvalue weighted by atomic mass is 10.2. The molecule has 1 aromatic heterocycles. The van der Waals surface area contributed by atoms with Gasteiger partial charge in [0, 0.05) is 30.3 Å². The number of carbonyl (C=O) groups excluding carboxylic acids is 1. The van der Waals surface area contributed by atoms with Crippen molar-refractivity contribution < 1.29 is 18.3 Å². The van der Waals surface area contributed by atoms with Crippen molar-refractivity contribution in [3.8, 4) is 11.6 Å². The molecule has 0 saturated carbocycles. The summed E-state index contributed by atoms with van der Waals surface area (Å²) in [5.74, 6) is -1.08. The molecular weight excluding hydrogens is 484 g/mol. The lowest BCUT2D eigenvalue weighted by molar-refractivity contribution is 0.0793. The molecule has 166 valence electrons. The number of halogens is 3. The monoisotopic (exact) mass is 503 g/mol. The van der Waals surface area contributed by atoms with Crippen molar-refractivity contribution in [1.82, 2.24) is 14.5 Å². The SMILES string of the molecule is Cc1nc(OCc2ccc(F)cc2F)c(Br)c(=O)n1-c1ccc(C(=O)N2CCCC2)cc1. The molecule has 2 aromatic carbocycles. The normalized spacial score (nSPS) is 13.4. The van der Waals surface area contributed by atoms with Crippen LogP contribution in [-0.2, 0) is 6.61 Å². The van der Waals surface area contributed by atoms with E-state index in [1.165, 1.54) is 10.6 Å².